The molecule has 1 heterocycles. The van der Waals surface area contributed by atoms with Gasteiger partial charge in [-0.3, -0.25) is 10.1 Å². The van der Waals surface area contributed by atoms with Crippen LogP contribution in [0.2, 0.25) is 0 Å². The van der Waals surface area contributed by atoms with Gasteiger partial charge >= 0.3 is 0 Å². The number of benzene rings is 2. The third kappa shape index (κ3) is 5.47. The molecule has 0 radical (unpaired) electrons. The van der Waals surface area contributed by atoms with Crippen molar-refractivity contribution in [3.63, 3.8) is 0 Å². The highest BCUT2D eigenvalue weighted by atomic mass is 32.2. The number of anilines is 2. The van der Waals surface area contributed by atoms with E-state index >= 15 is 0 Å². The van der Waals surface area contributed by atoms with Gasteiger partial charge < -0.3 is 15.0 Å². The number of amides is 1. The molecule has 0 saturated carbocycles. The maximum Gasteiger partial charge on any atom is 0.261 e. The van der Waals surface area contributed by atoms with Crippen molar-refractivity contribution in [2.45, 2.75) is 0 Å². The zero-order valence-corrected chi connectivity index (χ0v) is 18.4. The molecule has 8 nitrogen and oxygen atoms in total. The largest absolute Gasteiger partial charge is 0.496 e. The van der Waals surface area contributed by atoms with Crippen LogP contribution in [0.4, 0.5) is 11.4 Å². The van der Waals surface area contributed by atoms with Gasteiger partial charge in [-0.25, -0.2) is 8.42 Å². The lowest BCUT2D eigenvalue weighted by Crippen LogP contribution is -2.48. The molecule has 0 aromatic heterocycles. The van der Waals surface area contributed by atoms with Crippen molar-refractivity contribution in [2.75, 3.05) is 49.8 Å². The topological polar surface area (TPSA) is 91.0 Å². The number of ether oxygens (including phenoxy) is 1. The molecule has 2 N–H and O–H groups in total. The van der Waals surface area contributed by atoms with E-state index in [2.05, 4.69) is 15.5 Å². The predicted octanol–water partition coefficient (Wildman–Crippen LogP) is 1.90. The maximum absolute atomic E-state index is 12.4. The van der Waals surface area contributed by atoms with Gasteiger partial charge in [-0.2, -0.15) is 4.31 Å². The van der Waals surface area contributed by atoms with E-state index in [9.17, 15) is 13.2 Å². The van der Waals surface area contributed by atoms with Gasteiger partial charge in [0.05, 0.1) is 18.9 Å². The Kier molecular flexibility index (Phi) is 6.91. The van der Waals surface area contributed by atoms with Crippen LogP contribution in [0, 0.1) is 0 Å². The van der Waals surface area contributed by atoms with Crippen LogP contribution in [0.1, 0.15) is 10.4 Å². The second-order valence-corrected chi connectivity index (χ2v) is 9.20. The Morgan fingerprint density at radius 1 is 1.03 bits per heavy atom. The van der Waals surface area contributed by atoms with Crippen molar-refractivity contribution in [3.8, 4) is 5.75 Å². The van der Waals surface area contributed by atoms with Gasteiger partial charge in [0.25, 0.3) is 5.91 Å². The van der Waals surface area contributed by atoms with Crippen molar-refractivity contribution < 1.29 is 17.9 Å². The fourth-order valence-corrected chi connectivity index (χ4v) is 4.24. The number of nitrogens with one attached hydrogen (secondary N) is 2. The molecule has 3 rings (SSSR count). The van der Waals surface area contributed by atoms with Crippen molar-refractivity contribution >= 4 is 44.6 Å². The smallest absolute Gasteiger partial charge is 0.261 e. The number of sulfonamides is 1. The number of carbonyl (C=O) groups excluding carboxylic acids is 1. The zero-order valence-electron chi connectivity index (χ0n) is 16.8. The third-order valence-corrected chi connectivity index (χ3v) is 6.28. The summed E-state index contributed by atoms with van der Waals surface area (Å²) in [5.74, 6) is 0.114. The number of carbonyl (C=O) groups is 1. The fourth-order valence-electron chi connectivity index (χ4n) is 3.20. The molecule has 1 fully saturated rings. The Bertz CT molecular complexity index is 1020. The summed E-state index contributed by atoms with van der Waals surface area (Å²) in [5.41, 5.74) is 2.13. The molecule has 30 heavy (non-hydrogen) atoms. The Morgan fingerprint density at radius 2 is 1.67 bits per heavy atom. The number of nitrogens with zero attached hydrogens (tertiary/aromatic N) is 2. The average Bonchev–Trinajstić information content (AvgIpc) is 2.73. The van der Waals surface area contributed by atoms with E-state index in [4.69, 9.17) is 17.0 Å². The molecule has 10 heteroatoms. The molecule has 0 atom stereocenters. The maximum atomic E-state index is 12.4. The number of piperazine rings is 1. The molecule has 1 saturated heterocycles. The summed E-state index contributed by atoms with van der Waals surface area (Å²) in [5, 5.41) is 5.82. The van der Waals surface area contributed by atoms with Gasteiger partial charge in [-0.1, -0.05) is 12.1 Å². The van der Waals surface area contributed by atoms with E-state index in [1.165, 1.54) is 17.7 Å². The fraction of sp³-hybridized carbons (Fsp3) is 0.300. The Balaban J connectivity index is 1.55. The molecule has 0 aliphatic carbocycles. The van der Waals surface area contributed by atoms with Crippen molar-refractivity contribution in [3.05, 3.63) is 54.1 Å². The van der Waals surface area contributed by atoms with Crippen molar-refractivity contribution in [2.24, 2.45) is 0 Å². The highest BCUT2D eigenvalue weighted by Gasteiger charge is 2.23. The number of thiocarbonyl (C=S) groups is 1. The minimum absolute atomic E-state index is 0.181. The van der Waals surface area contributed by atoms with E-state index in [0.29, 0.717) is 37.5 Å². The first-order chi connectivity index (χ1) is 14.3. The molecule has 0 spiro atoms. The summed E-state index contributed by atoms with van der Waals surface area (Å²) in [7, 11) is -1.64. The lowest BCUT2D eigenvalue weighted by atomic mass is 10.2. The average molecular weight is 449 g/mol. The second kappa shape index (κ2) is 9.41. The normalized spacial score (nSPS) is 14.8. The van der Waals surface area contributed by atoms with Gasteiger partial charge in [-0.15, -0.1) is 0 Å². The molecule has 0 unspecified atom stereocenters. The Morgan fingerprint density at radius 3 is 2.27 bits per heavy atom. The SMILES string of the molecule is COc1ccccc1C(=O)NC(=S)Nc1ccc(N2CCN(S(C)(=O)=O)CC2)cc1. The van der Waals surface area contributed by atoms with E-state index in [1.807, 2.05) is 24.3 Å². The third-order valence-electron chi connectivity index (χ3n) is 4.78. The first-order valence-electron chi connectivity index (χ1n) is 9.33. The van der Waals surface area contributed by atoms with Crippen LogP contribution in [0.5, 0.6) is 5.75 Å². The number of para-hydroxylation sites is 1. The standard InChI is InChI=1S/C20H24N4O4S2/c1-28-18-6-4-3-5-17(18)19(25)22-20(29)21-15-7-9-16(10-8-15)23-11-13-24(14-12-23)30(2,26)27/h3-10H,11-14H2,1-2H3,(H2,21,22,25,29). The van der Waals surface area contributed by atoms with Crippen LogP contribution in [0.25, 0.3) is 0 Å². The molecular formula is C20H24N4O4S2. The van der Waals surface area contributed by atoms with Crippen LogP contribution < -0.4 is 20.3 Å². The van der Waals surface area contributed by atoms with E-state index in [-0.39, 0.29) is 11.0 Å². The molecule has 160 valence electrons. The number of rotatable bonds is 5. The first kappa shape index (κ1) is 22.0. The lowest BCUT2D eigenvalue weighted by Gasteiger charge is -2.34. The first-order valence-corrected chi connectivity index (χ1v) is 11.6. The number of hydrogen-bond acceptors (Lipinski definition) is 6. The van der Waals surface area contributed by atoms with E-state index in [0.717, 1.165) is 11.4 Å². The van der Waals surface area contributed by atoms with Crippen LogP contribution in [-0.4, -0.2) is 63.3 Å². The number of methoxy groups -OCH3 is 1. The summed E-state index contributed by atoms with van der Waals surface area (Å²) in [4.78, 5) is 14.5. The second-order valence-electron chi connectivity index (χ2n) is 6.80. The van der Waals surface area contributed by atoms with Gasteiger partial charge in [0.2, 0.25) is 10.0 Å². The van der Waals surface area contributed by atoms with Gasteiger partial charge in [-0.05, 0) is 48.6 Å². The summed E-state index contributed by atoms with van der Waals surface area (Å²) >= 11 is 5.24. The van der Waals surface area contributed by atoms with Gasteiger partial charge in [0, 0.05) is 37.6 Å². The minimum atomic E-state index is -3.15. The summed E-state index contributed by atoms with van der Waals surface area (Å²) in [6, 6.07) is 14.5. The summed E-state index contributed by atoms with van der Waals surface area (Å²) in [6.07, 6.45) is 1.23. The Hall–Kier alpha value is -2.69. The van der Waals surface area contributed by atoms with Crippen molar-refractivity contribution in [1.29, 1.82) is 0 Å². The van der Waals surface area contributed by atoms with E-state index < -0.39 is 10.0 Å². The molecule has 1 amide bonds. The van der Waals surface area contributed by atoms with Crippen LogP contribution >= 0.6 is 12.2 Å². The minimum Gasteiger partial charge on any atom is -0.496 e. The molecule has 2 aromatic rings. The molecule has 0 bridgehead atoms. The Labute approximate surface area is 181 Å². The lowest BCUT2D eigenvalue weighted by molar-refractivity contribution is 0.0974. The molecule has 2 aromatic carbocycles. The molecule has 1 aliphatic rings. The van der Waals surface area contributed by atoms with Gasteiger partial charge in [0.15, 0.2) is 5.11 Å². The highest BCUT2D eigenvalue weighted by molar-refractivity contribution is 7.88. The number of hydrogen-bond donors (Lipinski definition) is 2. The highest BCUT2D eigenvalue weighted by Crippen LogP contribution is 2.21. The molecule has 1 aliphatic heterocycles. The summed E-state index contributed by atoms with van der Waals surface area (Å²) < 4.78 is 29.9. The van der Waals surface area contributed by atoms with Gasteiger partial charge in [0.1, 0.15) is 5.75 Å². The predicted molar refractivity (Wildman–Crippen MR) is 122 cm³/mol. The van der Waals surface area contributed by atoms with Crippen LogP contribution in [0.3, 0.4) is 0 Å². The molecular weight excluding hydrogens is 424 g/mol. The van der Waals surface area contributed by atoms with Crippen molar-refractivity contribution in [1.82, 2.24) is 9.62 Å². The van der Waals surface area contributed by atoms with Crippen LogP contribution in [0.15, 0.2) is 48.5 Å². The summed E-state index contributed by atoms with van der Waals surface area (Å²) in [6.45, 7) is 2.20. The monoisotopic (exact) mass is 448 g/mol. The quantitative estimate of drug-likeness (QED) is 0.675. The van der Waals surface area contributed by atoms with Crippen LogP contribution in [-0.2, 0) is 10.0 Å². The van der Waals surface area contributed by atoms with E-state index in [1.54, 1.807) is 24.3 Å². The zero-order chi connectivity index (χ0) is 21.7.